The summed E-state index contributed by atoms with van der Waals surface area (Å²) in [6, 6.07) is 23.8. The van der Waals surface area contributed by atoms with Crippen LogP contribution in [0.25, 0.3) is 39.5 Å². The number of imidazole rings is 1. The van der Waals surface area contributed by atoms with Crippen molar-refractivity contribution in [3.63, 3.8) is 0 Å². The van der Waals surface area contributed by atoms with Crippen LogP contribution < -0.4 is 16.8 Å². The van der Waals surface area contributed by atoms with E-state index in [0.29, 0.717) is 30.5 Å². The Morgan fingerprint density at radius 2 is 1.79 bits per heavy atom. The van der Waals surface area contributed by atoms with Gasteiger partial charge >= 0.3 is 0 Å². The van der Waals surface area contributed by atoms with Crippen LogP contribution in [0.15, 0.2) is 79.0 Å². The van der Waals surface area contributed by atoms with E-state index in [4.69, 9.17) is 26.2 Å². The first kappa shape index (κ1) is 26.3. The second-order valence-corrected chi connectivity index (χ2v) is 11.3. The van der Waals surface area contributed by atoms with Crippen LogP contribution in [0.2, 0.25) is 0 Å². The number of aromatic nitrogens is 4. The van der Waals surface area contributed by atoms with Crippen molar-refractivity contribution < 1.29 is 9.53 Å². The fraction of sp³-hybridized carbons (Fsp3) is 0.273. The number of rotatable bonds is 6. The fourth-order valence-corrected chi connectivity index (χ4v) is 5.90. The summed E-state index contributed by atoms with van der Waals surface area (Å²) in [5.74, 6) is 1.06. The van der Waals surface area contributed by atoms with Gasteiger partial charge in [0.15, 0.2) is 11.5 Å². The maximum Gasteiger partial charge on any atom is 0.227 e. The molecule has 2 aliphatic rings. The molecule has 2 fully saturated rings. The highest BCUT2D eigenvalue weighted by Crippen LogP contribution is 2.39. The molecule has 5 N–H and O–H groups in total. The molecule has 1 aliphatic heterocycles. The van der Waals surface area contributed by atoms with Gasteiger partial charge in [-0.25, -0.2) is 15.0 Å². The highest BCUT2D eigenvalue weighted by Gasteiger charge is 2.34. The van der Waals surface area contributed by atoms with Gasteiger partial charge in [-0.2, -0.15) is 0 Å². The average molecular weight is 560 g/mol. The van der Waals surface area contributed by atoms with Gasteiger partial charge in [-0.3, -0.25) is 9.36 Å². The first-order chi connectivity index (χ1) is 20.5. The molecule has 0 spiro atoms. The zero-order chi connectivity index (χ0) is 28.7. The molecule has 0 bridgehead atoms. The van der Waals surface area contributed by atoms with Crippen molar-refractivity contribution >= 4 is 28.6 Å². The Kier molecular flexibility index (Phi) is 6.68. The number of benzene rings is 2. The lowest BCUT2D eigenvalue weighted by atomic mass is 9.73. The molecule has 1 saturated carbocycles. The van der Waals surface area contributed by atoms with Gasteiger partial charge in [0.05, 0.1) is 11.3 Å². The molecular formula is C33H33N7O2. The molecule has 1 saturated heterocycles. The number of fused-ring (bicyclic) bond motifs is 1. The van der Waals surface area contributed by atoms with Crippen LogP contribution in [0, 0.1) is 5.92 Å². The Morgan fingerprint density at radius 1 is 0.976 bits per heavy atom. The number of hydrogen-bond acceptors (Lipinski definition) is 7. The van der Waals surface area contributed by atoms with Crippen LogP contribution in [0.3, 0.4) is 0 Å². The van der Waals surface area contributed by atoms with Crippen molar-refractivity contribution in [1.29, 1.82) is 0 Å². The number of carbonyl (C=O) groups excluding carboxylic acids is 1. The molecule has 0 unspecified atom stereocenters. The van der Waals surface area contributed by atoms with Crippen molar-refractivity contribution in [2.45, 2.75) is 37.6 Å². The lowest BCUT2D eigenvalue weighted by molar-refractivity contribution is -0.122. The summed E-state index contributed by atoms with van der Waals surface area (Å²) >= 11 is 0. The monoisotopic (exact) mass is 559 g/mol. The Balaban J connectivity index is 1.29. The van der Waals surface area contributed by atoms with Gasteiger partial charge in [0.25, 0.3) is 0 Å². The number of nitrogens with one attached hydrogen (secondary N) is 1. The van der Waals surface area contributed by atoms with E-state index < -0.39 is 0 Å². The SMILES string of the molecule is Nc1ncccc1-c1nc2ccc(-c3cccc(NC(=O)C4CCOCC4)c3)nc2n1-c1ccc(C2(N)CCC2)cc1. The summed E-state index contributed by atoms with van der Waals surface area (Å²) in [5.41, 5.74) is 19.3. The summed E-state index contributed by atoms with van der Waals surface area (Å²) in [4.78, 5) is 27.2. The van der Waals surface area contributed by atoms with Gasteiger partial charge in [0.1, 0.15) is 11.3 Å². The van der Waals surface area contributed by atoms with E-state index in [-0.39, 0.29) is 17.4 Å². The lowest BCUT2D eigenvalue weighted by Gasteiger charge is -2.38. The lowest BCUT2D eigenvalue weighted by Crippen LogP contribution is -2.43. The van der Waals surface area contributed by atoms with Crippen molar-refractivity contribution in [2.75, 3.05) is 24.3 Å². The van der Waals surface area contributed by atoms with E-state index in [1.807, 2.05) is 53.1 Å². The molecule has 0 radical (unpaired) electrons. The molecule has 7 rings (SSSR count). The molecular weight excluding hydrogens is 526 g/mol. The third-order valence-corrected chi connectivity index (χ3v) is 8.55. The van der Waals surface area contributed by atoms with Gasteiger partial charge in [-0.05, 0) is 86.2 Å². The van der Waals surface area contributed by atoms with Crippen molar-refractivity contribution in [3.8, 4) is 28.3 Å². The minimum absolute atomic E-state index is 0.0280. The highest BCUT2D eigenvalue weighted by molar-refractivity contribution is 5.93. The minimum atomic E-state index is -0.247. The van der Waals surface area contributed by atoms with E-state index in [1.165, 1.54) is 0 Å². The van der Waals surface area contributed by atoms with E-state index in [2.05, 4.69) is 34.6 Å². The molecule has 1 aliphatic carbocycles. The number of nitrogen functional groups attached to an aromatic ring is 1. The maximum atomic E-state index is 12.8. The Bertz CT molecular complexity index is 1770. The number of anilines is 2. The van der Waals surface area contributed by atoms with E-state index in [1.54, 1.807) is 6.20 Å². The van der Waals surface area contributed by atoms with Crippen molar-refractivity contribution in [1.82, 2.24) is 19.5 Å². The Labute approximate surface area is 244 Å². The van der Waals surface area contributed by atoms with Crippen LogP contribution >= 0.6 is 0 Å². The predicted octanol–water partition coefficient (Wildman–Crippen LogP) is 5.43. The van der Waals surface area contributed by atoms with E-state index >= 15 is 0 Å². The standard InChI is InChI=1S/C33H33N7O2/c34-29-26(6-2-17-36-29)30-39-28-12-11-27(22-4-1-5-24(20-22)37-32(41)21-13-18-42-19-14-21)38-31(28)40(30)25-9-7-23(8-10-25)33(35)15-3-16-33/h1-2,4-12,17,20-21H,3,13-16,18-19,35H2,(H2,34,36)(H,37,41). The van der Waals surface area contributed by atoms with Crippen LogP contribution in [-0.4, -0.2) is 38.6 Å². The Hall–Kier alpha value is -4.60. The number of ether oxygens (including phenoxy) is 1. The number of hydrogen-bond donors (Lipinski definition) is 3. The van der Waals surface area contributed by atoms with Crippen LogP contribution in [-0.2, 0) is 15.1 Å². The molecule has 9 heteroatoms. The molecule has 1 amide bonds. The van der Waals surface area contributed by atoms with Crippen LogP contribution in [0.5, 0.6) is 0 Å². The molecule has 42 heavy (non-hydrogen) atoms. The minimum Gasteiger partial charge on any atom is -0.383 e. The zero-order valence-electron chi connectivity index (χ0n) is 23.3. The molecule has 9 nitrogen and oxygen atoms in total. The highest BCUT2D eigenvalue weighted by atomic mass is 16.5. The summed E-state index contributed by atoms with van der Waals surface area (Å²) in [7, 11) is 0. The molecule has 212 valence electrons. The molecule has 0 atom stereocenters. The largest absolute Gasteiger partial charge is 0.383 e. The normalized spacial score (nSPS) is 16.7. The third-order valence-electron chi connectivity index (χ3n) is 8.55. The van der Waals surface area contributed by atoms with Gasteiger partial charge in [0, 0.05) is 47.8 Å². The Morgan fingerprint density at radius 3 is 2.52 bits per heavy atom. The quantitative estimate of drug-likeness (QED) is 0.252. The van der Waals surface area contributed by atoms with Gasteiger partial charge in [-0.1, -0.05) is 24.3 Å². The first-order valence-corrected chi connectivity index (χ1v) is 14.5. The third kappa shape index (κ3) is 4.80. The van der Waals surface area contributed by atoms with Crippen LogP contribution in [0.4, 0.5) is 11.5 Å². The van der Waals surface area contributed by atoms with Gasteiger partial charge < -0.3 is 21.5 Å². The molecule has 4 heterocycles. The molecule has 2 aromatic carbocycles. The van der Waals surface area contributed by atoms with Crippen molar-refractivity contribution in [2.24, 2.45) is 11.7 Å². The molecule has 5 aromatic rings. The van der Waals surface area contributed by atoms with Crippen molar-refractivity contribution in [3.05, 3.63) is 84.6 Å². The van der Waals surface area contributed by atoms with Crippen LogP contribution in [0.1, 0.15) is 37.7 Å². The molecule has 3 aromatic heterocycles. The number of amides is 1. The summed E-state index contributed by atoms with van der Waals surface area (Å²) < 4.78 is 7.43. The summed E-state index contributed by atoms with van der Waals surface area (Å²) in [6.45, 7) is 1.25. The maximum absolute atomic E-state index is 12.8. The number of carbonyl (C=O) groups is 1. The summed E-state index contributed by atoms with van der Waals surface area (Å²) in [6.07, 6.45) is 6.30. The predicted molar refractivity (Wildman–Crippen MR) is 164 cm³/mol. The number of nitrogens with two attached hydrogens (primary N) is 2. The van der Waals surface area contributed by atoms with E-state index in [9.17, 15) is 4.79 Å². The van der Waals surface area contributed by atoms with Gasteiger partial charge in [0.2, 0.25) is 5.91 Å². The smallest absolute Gasteiger partial charge is 0.227 e. The topological polar surface area (TPSA) is 134 Å². The summed E-state index contributed by atoms with van der Waals surface area (Å²) in [5, 5.41) is 3.08. The fourth-order valence-electron chi connectivity index (χ4n) is 5.90. The van der Waals surface area contributed by atoms with E-state index in [0.717, 1.165) is 71.4 Å². The number of pyridine rings is 2. The second-order valence-electron chi connectivity index (χ2n) is 11.3. The average Bonchev–Trinajstić information content (AvgIpc) is 3.39. The second kappa shape index (κ2) is 10.7. The number of nitrogens with zero attached hydrogens (tertiary/aromatic N) is 4. The zero-order valence-corrected chi connectivity index (χ0v) is 23.3. The first-order valence-electron chi connectivity index (χ1n) is 14.5. The van der Waals surface area contributed by atoms with Gasteiger partial charge in [-0.15, -0.1) is 0 Å².